The molecule has 1 saturated heterocycles. The highest BCUT2D eigenvalue weighted by Crippen LogP contribution is 2.36. The number of hydrogen-bond donors (Lipinski definition) is 1. The van der Waals surface area contributed by atoms with Crippen LogP contribution in [0, 0.1) is 10.1 Å². The Labute approximate surface area is 164 Å². The summed E-state index contributed by atoms with van der Waals surface area (Å²) in [4.78, 5) is 9.26. The molecule has 2 aromatic carbocycles. The highest BCUT2D eigenvalue weighted by Gasteiger charge is 2.47. The minimum atomic E-state index is -5.68. The lowest BCUT2D eigenvalue weighted by Crippen LogP contribution is -2.30. The van der Waals surface area contributed by atoms with Crippen LogP contribution in [0.15, 0.2) is 53.4 Å². The van der Waals surface area contributed by atoms with Gasteiger partial charge in [0.2, 0.25) is 0 Å². The van der Waals surface area contributed by atoms with Crippen molar-refractivity contribution in [3.05, 3.63) is 64.2 Å². The van der Waals surface area contributed by atoms with Crippen molar-refractivity contribution in [1.82, 2.24) is 0 Å². The molecule has 0 radical (unpaired) electrons. The summed E-state index contributed by atoms with van der Waals surface area (Å²) in [6.07, 6.45) is 0.790. The minimum absolute atomic E-state index is 0.0464. The fourth-order valence-electron chi connectivity index (χ4n) is 3.13. The summed E-state index contributed by atoms with van der Waals surface area (Å²) in [5.41, 5.74) is -5.38. The summed E-state index contributed by atoms with van der Waals surface area (Å²) in [5, 5.41) is 14.3. The third kappa shape index (κ3) is 4.51. The van der Waals surface area contributed by atoms with Gasteiger partial charge >= 0.3 is 5.51 Å². The molecule has 156 valence electrons. The normalized spacial score (nSPS) is 20.2. The summed E-state index contributed by atoms with van der Waals surface area (Å²) >= 11 is 0. The molecule has 1 fully saturated rings. The molecule has 0 bridgehead atoms. The molecule has 29 heavy (non-hydrogen) atoms. The van der Waals surface area contributed by atoms with Gasteiger partial charge in [0.25, 0.3) is 15.5 Å². The number of sulfone groups is 1. The first-order valence-electron chi connectivity index (χ1n) is 8.62. The highest BCUT2D eigenvalue weighted by molar-refractivity contribution is 7.92. The Hall–Kier alpha value is -2.66. The SMILES string of the molecule is O=[N+]([O-])c1cc(S(=O)(=O)C(F)(F)F)ccc1NC1CCOC(c2ccccc2)C1. The van der Waals surface area contributed by atoms with Gasteiger partial charge in [-0.2, -0.15) is 13.2 Å². The van der Waals surface area contributed by atoms with E-state index in [1.165, 1.54) is 0 Å². The number of nitro groups is 1. The molecule has 0 amide bonds. The lowest BCUT2D eigenvalue weighted by Gasteiger charge is -2.31. The molecule has 2 unspecified atom stereocenters. The molecule has 1 aliphatic heterocycles. The first-order valence-corrected chi connectivity index (χ1v) is 10.1. The standard InChI is InChI=1S/C18H17F3N2O5S/c19-18(20,21)29(26,27)14-6-7-15(16(11-14)23(24)25)22-13-8-9-28-17(10-13)12-4-2-1-3-5-12/h1-7,11,13,17,22H,8-10H2. The van der Waals surface area contributed by atoms with Crippen LogP contribution >= 0.6 is 0 Å². The summed E-state index contributed by atoms with van der Waals surface area (Å²) in [7, 11) is -5.68. The average Bonchev–Trinajstić information content (AvgIpc) is 2.68. The third-order valence-electron chi connectivity index (χ3n) is 4.60. The van der Waals surface area contributed by atoms with Crippen molar-refractivity contribution in [2.45, 2.75) is 35.4 Å². The molecule has 0 aromatic heterocycles. The number of halogens is 3. The van der Waals surface area contributed by atoms with Crippen molar-refractivity contribution >= 4 is 21.2 Å². The van der Waals surface area contributed by atoms with Crippen molar-refractivity contribution < 1.29 is 31.2 Å². The van der Waals surface area contributed by atoms with E-state index >= 15 is 0 Å². The van der Waals surface area contributed by atoms with Gasteiger partial charge in [-0.3, -0.25) is 10.1 Å². The lowest BCUT2D eigenvalue weighted by atomic mass is 9.97. The number of rotatable bonds is 5. The first kappa shape index (κ1) is 21.1. The van der Waals surface area contributed by atoms with E-state index in [1.807, 2.05) is 30.3 Å². The number of alkyl halides is 3. The summed E-state index contributed by atoms with van der Waals surface area (Å²) < 4.78 is 67.0. The summed E-state index contributed by atoms with van der Waals surface area (Å²) in [5.74, 6) is 0. The predicted molar refractivity (Wildman–Crippen MR) is 98.1 cm³/mol. The second kappa shape index (κ2) is 7.99. The van der Waals surface area contributed by atoms with Gasteiger partial charge in [-0.15, -0.1) is 0 Å². The van der Waals surface area contributed by atoms with Crippen molar-refractivity contribution in [1.29, 1.82) is 0 Å². The molecule has 1 aliphatic rings. The molecule has 0 spiro atoms. The van der Waals surface area contributed by atoms with E-state index in [1.54, 1.807) is 0 Å². The number of nitro benzene ring substituents is 1. The van der Waals surface area contributed by atoms with E-state index in [0.717, 1.165) is 11.6 Å². The van der Waals surface area contributed by atoms with Crippen molar-refractivity contribution in [2.24, 2.45) is 0 Å². The van der Waals surface area contributed by atoms with Crippen LogP contribution in [0.1, 0.15) is 24.5 Å². The molecule has 0 saturated carbocycles. The molecule has 1 heterocycles. The molecule has 0 aliphatic carbocycles. The number of ether oxygens (including phenoxy) is 1. The molecular weight excluding hydrogens is 413 g/mol. The van der Waals surface area contributed by atoms with Gasteiger partial charge in [0.15, 0.2) is 0 Å². The maximum absolute atomic E-state index is 12.7. The first-order chi connectivity index (χ1) is 13.6. The Morgan fingerprint density at radius 3 is 2.45 bits per heavy atom. The molecule has 11 heteroatoms. The minimum Gasteiger partial charge on any atom is -0.377 e. The second-order valence-electron chi connectivity index (χ2n) is 6.52. The monoisotopic (exact) mass is 430 g/mol. The lowest BCUT2D eigenvalue weighted by molar-refractivity contribution is -0.384. The fourth-order valence-corrected chi connectivity index (χ4v) is 3.91. The van der Waals surface area contributed by atoms with Crippen molar-refractivity contribution in [3.63, 3.8) is 0 Å². The van der Waals surface area contributed by atoms with E-state index in [2.05, 4.69) is 5.32 Å². The number of benzene rings is 2. The maximum atomic E-state index is 12.7. The van der Waals surface area contributed by atoms with E-state index in [-0.39, 0.29) is 17.8 Å². The molecule has 2 aromatic rings. The summed E-state index contributed by atoms with van der Waals surface area (Å²) in [6, 6.07) is 11.3. The quantitative estimate of drug-likeness (QED) is 0.563. The van der Waals surface area contributed by atoms with E-state index in [4.69, 9.17) is 4.74 Å². The Morgan fingerprint density at radius 2 is 1.83 bits per heavy atom. The maximum Gasteiger partial charge on any atom is 0.501 e. The van der Waals surface area contributed by atoms with Gasteiger partial charge in [0.1, 0.15) is 5.69 Å². The zero-order chi connectivity index (χ0) is 21.2. The average molecular weight is 430 g/mol. The Kier molecular flexibility index (Phi) is 5.80. The van der Waals surface area contributed by atoms with E-state index < -0.39 is 30.9 Å². The van der Waals surface area contributed by atoms with Crippen molar-refractivity contribution in [3.8, 4) is 0 Å². The van der Waals surface area contributed by atoms with Crippen LogP contribution in [0.5, 0.6) is 0 Å². The molecule has 2 atom stereocenters. The van der Waals surface area contributed by atoms with Gasteiger partial charge in [0, 0.05) is 18.7 Å². The van der Waals surface area contributed by atoms with Crippen LogP contribution in [0.25, 0.3) is 0 Å². The number of hydrogen-bond acceptors (Lipinski definition) is 6. The number of nitrogens with zero attached hydrogens (tertiary/aromatic N) is 1. The van der Waals surface area contributed by atoms with Crippen LogP contribution in [-0.2, 0) is 14.6 Å². The van der Waals surface area contributed by atoms with Crippen molar-refractivity contribution in [2.75, 3.05) is 11.9 Å². The Balaban J connectivity index is 1.84. The van der Waals surface area contributed by atoms with Gasteiger partial charge in [-0.1, -0.05) is 30.3 Å². The summed E-state index contributed by atoms with van der Waals surface area (Å²) in [6.45, 7) is 0.394. The molecular formula is C18H17F3N2O5S. The predicted octanol–water partition coefficient (Wildman–Crippen LogP) is 4.22. The fraction of sp³-hybridized carbons (Fsp3) is 0.333. The third-order valence-corrected chi connectivity index (χ3v) is 6.08. The Bertz CT molecular complexity index is 996. The second-order valence-corrected chi connectivity index (χ2v) is 8.46. The number of anilines is 1. The van der Waals surface area contributed by atoms with Crippen LogP contribution in [0.3, 0.4) is 0 Å². The van der Waals surface area contributed by atoms with Crippen LogP contribution in [0.4, 0.5) is 24.5 Å². The Morgan fingerprint density at radius 1 is 1.14 bits per heavy atom. The highest BCUT2D eigenvalue weighted by atomic mass is 32.2. The number of nitrogens with one attached hydrogen (secondary N) is 1. The zero-order valence-electron chi connectivity index (χ0n) is 14.9. The van der Waals surface area contributed by atoms with Gasteiger partial charge in [-0.05, 0) is 30.5 Å². The smallest absolute Gasteiger partial charge is 0.377 e. The molecule has 3 rings (SSSR count). The molecule has 7 nitrogen and oxygen atoms in total. The van der Waals surface area contributed by atoms with Crippen LogP contribution in [0.2, 0.25) is 0 Å². The van der Waals surface area contributed by atoms with Crippen LogP contribution < -0.4 is 5.32 Å². The van der Waals surface area contributed by atoms with Crippen LogP contribution in [-0.4, -0.2) is 31.5 Å². The topological polar surface area (TPSA) is 98.5 Å². The van der Waals surface area contributed by atoms with E-state index in [9.17, 15) is 31.7 Å². The van der Waals surface area contributed by atoms with Gasteiger partial charge in [0.05, 0.1) is 15.9 Å². The molecule has 1 N–H and O–H groups in total. The van der Waals surface area contributed by atoms with Gasteiger partial charge < -0.3 is 10.1 Å². The van der Waals surface area contributed by atoms with Gasteiger partial charge in [-0.25, -0.2) is 8.42 Å². The van der Waals surface area contributed by atoms with E-state index in [0.29, 0.717) is 31.6 Å². The largest absolute Gasteiger partial charge is 0.501 e. The zero-order valence-corrected chi connectivity index (χ0v) is 15.7.